The van der Waals surface area contributed by atoms with Crippen LogP contribution in [0.15, 0.2) is 0 Å². The summed E-state index contributed by atoms with van der Waals surface area (Å²) >= 11 is 0. The van der Waals surface area contributed by atoms with Gasteiger partial charge in [0.15, 0.2) is 0 Å². The van der Waals surface area contributed by atoms with Gasteiger partial charge in [-0.25, -0.2) is 0 Å². The molecule has 0 aromatic heterocycles. The lowest BCUT2D eigenvalue weighted by atomic mass is 10.2. The number of rotatable bonds is 2. The second-order valence-corrected chi connectivity index (χ2v) is 4.03. The molecule has 8 heavy (non-hydrogen) atoms. The molecular weight excluding hydrogens is 119 g/mol. The molecule has 1 heterocycles. The van der Waals surface area contributed by atoms with Crippen LogP contribution in [0.1, 0.15) is 19.3 Å². The fourth-order valence-electron chi connectivity index (χ4n) is 1.16. The van der Waals surface area contributed by atoms with Crippen LogP contribution >= 0.6 is 8.58 Å². The van der Waals surface area contributed by atoms with E-state index < -0.39 is 0 Å². The number of aliphatic hydroxyl groups excluding tert-OH is 1. The van der Waals surface area contributed by atoms with Crippen molar-refractivity contribution in [3.8, 4) is 0 Å². The Morgan fingerprint density at radius 3 is 3.00 bits per heavy atom. The molecule has 0 aromatic carbocycles. The summed E-state index contributed by atoms with van der Waals surface area (Å²) in [5.74, 6) is 0. The van der Waals surface area contributed by atoms with E-state index in [1.807, 2.05) is 0 Å². The Hall–Kier alpha value is 0.390. The van der Waals surface area contributed by atoms with E-state index in [1.165, 1.54) is 19.0 Å². The quantitative estimate of drug-likeness (QED) is 0.560. The van der Waals surface area contributed by atoms with Crippen molar-refractivity contribution in [1.29, 1.82) is 0 Å². The van der Waals surface area contributed by atoms with E-state index in [9.17, 15) is 0 Å². The standard InChI is InChI=1S/C6H13OP/c7-4-3-6-2-1-5-8-6/h6-8H,1-5H2. The van der Waals surface area contributed by atoms with Crippen LogP contribution in [-0.2, 0) is 0 Å². The van der Waals surface area contributed by atoms with Crippen molar-refractivity contribution in [2.45, 2.75) is 24.9 Å². The second kappa shape index (κ2) is 3.42. The smallest absolute Gasteiger partial charge is 0.0436 e. The molecular formula is C6H13OP. The van der Waals surface area contributed by atoms with Crippen LogP contribution in [0.2, 0.25) is 0 Å². The first kappa shape index (κ1) is 6.51. The zero-order valence-electron chi connectivity index (χ0n) is 5.06. The predicted molar refractivity (Wildman–Crippen MR) is 37.9 cm³/mol. The topological polar surface area (TPSA) is 20.2 Å². The molecule has 0 radical (unpaired) electrons. The van der Waals surface area contributed by atoms with E-state index in [0.29, 0.717) is 6.61 Å². The molecule has 2 unspecified atom stereocenters. The van der Waals surface area contributed by atoms with Crippen LogP contribution in [0.5, 0.6) is 0 Å². The van der Waals surface area contributed by atoms with Crippen LogP contribution < -0.4 is 0 Å². The van der Waals surface area contributed by atoms with Gasteiger partial charge in [-0.05, 0) is 31.1 Å². The van der Waals surface area contributed by atoms with Gasteiger partial charge in [0, 0.05) is 6.61 Å². The maximum Gasteiger partial charge on any atom is 0.0436 e. The van der Waals surface area contributed by atoms with E-state index in [4.69, 9.17) is 5.11 Å². The maximum absolute atomic E-state index is 8.53. The zero-order chi connectivity index (χ0) is 5.82. The number of hydrogen-bond acceptors (Lipinski definition) is 1. The van der Waals surface area contributed by atoms with Gasteiger partial charge in [-0.15, -0.1) is 8.58 Å². The minimum atomic E-state index is 0.400. The summed E-state index contributed by atoms with van der Waals surface area (Å²) in [6.45, 7) is 0.400. The van der Waals surface area contributed by atoms with Crippen molar-refractivity contribution in [3.05, 3.63) is 0 Å². The monoisotopic (exact) mass is 132 g/mol. The minimum Gasteiger partial charge on any atom is -0.396 e. The summed E-state index contributed by atoms with van der Waals surface area (Å²) in [7, 11) is 1.15. The molecule has 1 aliphatic rings. The minimum absolute atomic E-state index is 0.400. The zero-order valence-corrected chi connectivity index (χ0v) is 6.06. The molecule has 0 amide bonds. The molecule has 0 aromatic rings. The van der Waals surface area contributed by atoms with Crippen molar-refractivity contribution < 1.29 is 5.11 Å². The summed E-state index contributed by atoms with van der Waals surface area (Å²) in [5, 5.41) is 8.53. The summed E-state index contributed by atoms with van der Waals surface area (Å²) in [5.41, 5.74) is 0.889. The fourth-order valence-corrected chi connectivity index (χ4v) is 2.72. The highest BCUT2D eigenvalue weighted by Crippen LogP contribution is 2.33. The van der Waals surface area contributed by atoms with Gasteiger partial charge in [-0.1, -0.05) is 0 Å². The van der Waals surface area contributed by atoms with Crippen LogP contribution in [0.3, 0.4) is 0 Å². The van der Waals surface area contributed by atoms with Gasteiger partial charge >= 0.3 is 0 Å². The van der Waals surface area contributed by atoms with Gasteiger partial charge in [0.05, 0.1) is 0 Å². The molecule has 0 spiro atoms. The average molecular weight is 132 g/mol. The van der Waals surface area contributed by atoms with E-state index in [2.05, 4.69) is 0 Å². The third-order valence-corrected chi connectivity index (χ3v) is 3.44. The molecule has 1 N–H and O–H groups in total. The Morgan fingerprint density at radius 1 is 1.62 bits per heavy atom. The third-order valence-electron chi connectivity index (χ3n) is 1.64. The average Bonchev–Trinajstić information content (AvgIpc) is 2.19. The van der Waals surface area contributed by atoms with Crippen LogP contribution in [-0.4, -0.2) is 23.5 Å². The molecule has 0 aliphatic carbocycles. The summed E-state index contributed by atoms with van der Waals surface area (Å²) in [4.78, 5) is 0. The van der Waals surface area contributed by atoms with Crippen molar-refractivity contribution in [2.24, 2.45) is 0 Å². The molecule has 2 atom stereocenters. The molecule has 1 fully saturated rings. The highest BCUT2D eigenvalue weighted by Gasteiger charge is 2.12. The second-order valence-electron chi connectivity index (χ2n) is 2.31. The lowest BCUT2D eigenvalue weighted by Gasteiger charge is -2.02. The van der Waals surface area contributed by atoms with Gasteiger partial charge in [0.2, 0.25) is 0 Å². The fraction of sp³-hybridized carbons (Fsp3) is 1.00. The molecule has 0 bridgehead atoms. The van der Waals surface area contributed by atoms with Gasteiger partial charge < -0.3 is 5.11 Å². The molecule has 48 valence electrons. The van der Waals surface area contributed by atoms with Crippen molar-refractivity contribution in [1.82, 2.24) is 0 Å². The first-order valence-corrected chi connectivity index (χ1v) is 4.56. The van der Waals surface area contributed by atoms with Crippen molar-refractivity contribution in [3.63, 3.8) is 0 Å². The Kier molecular flexibility index (Phi) is 2.78. The molecule has 2 heteroatoms. The first-order valence-electron chi connectivity index (χ1n) is 3.27. The summed E-state index contributed by atoms with van der Waals surface area (Å²) in [6, 6.07) is 0. The van der Waals surface area contributed by atoms with Crippen LogP contribution in [0, 0.1) is 0 Å². The lowest BCUT2D eigenvalue weighted by molar-refractivity contribution is 0.286. The Bertz CT molecular complexity index is 59.5. The normalized spacial score (nSPS) is 31.9. The number of hydrogen-bond donors (Lipinski definition) is 1. The van der Waals surface area contributed by atoms with Gasteiger partial charge in [0.1, 0.15) is 0 Å². The highest BCUT2D eigenvalue weighted by molar-refractivity contribution is 7.39. The maximum atomic E-state index is 8.53. The third kappa shape index (κ3) is 1.72. The summed E-state index contributed by atoms with van der Waals surface area (Å²) < 4.78 is 0. The van der Waals surface area contributed by atoms with Crippen molar-refractivity contribution >= 4 is 8.58 Å². The first-order chi connectivity index (χ1) is 3.93. The highest BCUT2D eigenvalue weighted by atomic mass is 31.1. The largest absolute Gasteiger partial charge is 0.396 e. The molecule has 1 saturated heterocycles. The van der Waals surface area contributed by atoms with E-state index in [1.54, 1.807) is 0 Å². The lowest BCUT2D eigenvalue weighted by Crippen LogP contribution is -1.97. The van der Waals surface area contributed by atoms with Crippen molar-refractivity contribution in [2.75, 3.05) is 12.8 Å². The molecule has 1 nitrogen and oxygen atoms in total. The molecule has 0 saturated carbocycles. The van der Waals surface area contributed by atoms with Crippen LogP contribution in [0.25, 0.3) is 0 Å². The van der Waals surface area contributed by atoms with Gasteiger partial charge in [0.25, 0.3) is 0 Å². The van der Waals surface area contributed by atoms with E-state index in [0.717, 1.165) is 20.7 Å². The molecule has 1 aliphatic heterocycles. The van der Waals surface area contributed by atoms with E-state index >= 15 is 0 Å². The Balaban J connectivity index is 2.06. The SMILES string of the molecule is OCCC1CCCP1. The Labute approximate surface area is 52.3 Å². The van der Waals surface area contributed by atoms with Gasteiger partial charge in [-0.2, -0.15) is 0 Å². The Morgan fingerprint density at radius 2 is 2.50 bits per heavy atom. The van der Waals surface area contributed by atoms with Gasteiger partial charge in [-0.3, -0.25) is 0 Å². The predicted octanol–water partition coefficient (Wildman–Crippen LogP) is 1.21. The van der Waals surface area contributed by atoms with E-state index in [-0.39, 0.29) is 0 Å². The van der Waals surface area contributed by atoms with Crippen LogP contribution in [0.4, 0.5) is 0 Å². The molecule has 1 rings (SSSR count). The summed E-state index contributed by atoms with van der Waals surface area (Å²) in [6.07, 6.45) is 5.26. The number of aliphatic hydroxyl groups is 1.